The molecule has 2 unspecified atom stereocenters. The fraction of sp³-hybridized carbons (Fsp3) is 0.800. The van der Waals surface area contributed by atoms with E-state index in [4.69, 9.17) is 5.11 Å². The summed E-state index contributed by atoms with van der Waals surface area (Å²) in [7, 11) is 1.33. The molecular weight excluding hydrogens is 212 g/mol. The van der Waals surface area contributed by atoms with Crippen LogP contribution in [0, 0.1) is 0 Å². The smallest absolute Gasteiger partial charge is 0.322 e. The predicted octanol–water partition coefficient (Wildman–Crippen LogP) is -0.704. The monoisotopic (exact) mass is 230 g/mol. The van der Waals surface area contributed by atoms with Gasteiger partial charge in [-0.2, -0.15) is 0 Å². The van der Waals surface area contributed by atoms with Gasteiger partial charge in [0.05, 0.1) is 13.5 Å². The molecule has 6 heteroatoms. The molecule has 16 heavy (non-hydrogen) atoms. The van der Waals surface area contributed by atoms with Gasteiger partial charge >= 0.3 is 11.9 Å². The van der Waals surface area contributed by atoms with E-state index in [0.717, 1.165) is 6.54 Å². The third-order valence-electron chi connectivity index (χ3n) is 2.83. The number of aliphatic carboxylic acids is 1. The Kier molecular flexibility index (Phi) is 4.70. The first-order valence-corrected chi connectivity index (χ1v) is 5.32. The highest BCUT2D eigenvalue weighted by Gasteiger charge is 2.32. The maximum Gasteiger partial charge on any atom is 0.322 e. The molecule has 2 N–H and O–H groups in total. The van der Waals surface area contributed by atoms with Crippen molar-refractivity contribution < 1.29 is 19.4 Å². The number of hydrogen-bond donors (Lipinski definition) is 2. The second kappa shape index (κ2) is 5.81. The largest absolute Gasteiger partial charge is 0.480 e. The maximum atomic E-state index is 11.1. The fourth-order valence-electron chi connectivity index (χ4n) is 1.92. The lowest BCUT2D eigenvalue weighted by molar-refractivity contribution is -0.148. The lowest BCUT2D eigenvalue weighted by atomic mass is 10.1. The minimum Gasteiger partial charge on any atom is -0.480 e. The van der Waals surface area contributed by atoms with E-state index < -0.39 is 12.0 Å². The van der Waals surface area contributed by atoms with Gasteiger partial charge in [-0.3, -0.25) is 14.5 Å². The van der Waals surface area contributed by atoms with Crippen LogP contribution in [0.4, 0.5) is 0 Å². The van der Waals surface area contributed by atoms with Crippen LogP contribution in [0.3, 0.4) is 0 Å². The highest BCUT2D eigenvalue weighted by Crippen LogP contribution is 2.12. The molecule has 1 fully saturated rings. The first kappa shape index (κ1) is 12.9. The summed E-state index contributed by atoms with van der Waals surface area (Å²) in [4.78, 5) is 24.0. The minimum atomic E-state index is -0.857. The van der Waals surface area contributed by atoms with Crippen molar-refractivity contribution >= 4 is 11.9 Å². The van der Waals surface area contributed by atoms with Gasteiger partial charge in [-0.15, -0.1) is 0 Å². The fourth-order valence-corrected chi connectivity index (χ4v) is 1.92. The summed E-state index contributed by atoms with van der Waals surface area (Å²) in [5.74, 6) is -1.17. The zero-order valence-electron chi connectivity index (χ0n) is 9.60. The molecule has 0 aromatic rings. The Labute approximate surface area is 94.6 Å². The van der Waals surface area contributed by atoms with Crippen LogP contribution in [0.2, 0.25) is 0 Å². The van der Waals surface area contributed by atoms with Crippen molar-refractivity contribution in [2.45, 2.75) is 25.4 Å². The summed E-state index contributed by atoms with van der Waals surface area (Å²) in [6.45, 7) is 3.64. The summed E-state index contributed by atoms with van der Waals surface area (Å²) in [5, 5.41) is 12.1. The van der Waals surface area contributed by atoms with Gasteiger partial charge in [-0.25, -0.2) is 0 Å². The molecule has 6 nitrogen and oxygen atoms in total. The second-order valence-electron chi connectivity index (χ2n) is 3.93. The van der Waals surface area contributed by atoms with Crippen LogP contribution in [0.5, 0.6) is 0 Å². The molecule has 1 rings (SSSR count). The minimum absolute atomic E-state index is 0.115. The summed E-state index contributed by atoms with van der Waals surface area (Å²) in [6, 6.07) is -0.677. The van der Waals surface area contributed by atoms with Crippen molar-refractivity contribution in [3.63, 3.8) is 0 Å². The molecule has 0 spiro atoms. The summed E-state index contributed by atoms with van der Waals surface area (Å²) >= 11 is 0. The van der Waals surface area contributed by atoms with Crippen molar-refractivity contribution in [3.05, 3.63) is 0 Å². The molecule has 1 aliphatic heterocycles. The number of rotatable bonds is 4. The standard InChI is InChI=1S/C10H18N2O4/c1-7(5-9(13)16-2)12-4-3-11-6-8(12)10(14)15/h7-8,11H,3-6H2,1-2H3,(H,14,15). The van der Waals surface area contributed by atoms with Crippen LogP contribution in [-0.2, 0) is 14.3 Å². The first-order valence-electron chi connectivity index (χ1n) is 5.32. The van der Waals surface area contributed by atoms with Gasteiger partial charge in [0.15, 0.2) is 0 Å². The number of carbonyl (C=O) groups excluding carboxylic acids is 1. The molecule has 0 bridgehead atoms. The number of esters is 1. The lowest BCUT2D eigenvalue weighted by Gasteiger charge is -2.37. The van der Waals surface area contributed by atoms with Crippen molar-refractivity contribution in [3.8, 4) is 0 Å². The van der Waals surface area contributed by atoms with E-state index in [-0.39, 0.29) is 18.4 Å². The van der Waals surface area contributed by atoms with E-state index in [1.165, 1.54) is 7.11 Å². The van der Waals surface area contributed by atoms with Gasteiger partial charge in [0.1, 0.15) is 6.04 Å². The zero-order chi connectivity index (χ0) is 12.1. The summed E-state index contributed by atoms with van der Waals surface area (Å²) in [6.07, 6.45) is 0.223. The number of piperazine rings is 1. The Morgan fingerprint density at radius 3 is 2.88 bits per heavy atom. The van der Waals surface area contributed by atoms with E-state index in [9.17, 15) is 9.59 Å². The molecule has 0 amide bonds. The quantitative estimate of drug-likeness (QED) is 0.622. The number of carbonyl (C=O) groups is 2. The molecule has 1 heterocycles. The highest BCUT2D eigenvalue weighted by molar-refractivity contribution is 5.74. The van der Waals surface area contributed by atoms with E-state index in [0.29, 0.717) is 13.1 Å². The van der Waals surface area contributed by atoms with E-state index in [1.54, 1.807) is 0 Å². The van der Waals surface area contributed by atoms with Crippen molar-refractivity contribution in [1.29, 1.82) is 0 Å². The van der Waals surface area contributed by atoms with Crippen LogP contribution in [-0.4, -0.2) is 60.8 Å². The lowest BCUT2D eigenvalue weighted by Crippen LogP contribution is -2.58. The third kappa shape index (κ3) is 3.18. The van der Waals surface area contributed by atoms with Gasteiger partial charge in [-0.1, -0.05) is 0 Å². The number of carboxylic acids is 1. The number of nitrogens with zero attached hydrogens (tertiary/aromatic N) is 1. The summed E-state index contributed by atoms with van der Waals surface area (Å²) < 4.78 is 4.58. The molecule has 0 aliphatic carbocycles. The Morgan fingerprint density at radius 2 is 2.31 bits per heavy atom. The molecule has 92 valence electrons. The number of methoxy groups -OCH3 is 1. The topological polar surface area (TPSA) is 78.9 Å². The molecule has 0 radical (unpaired) electrons. The average molecular weight is 230 g/mol. The van der Waals surface area contributed by atoms with Crippen LogP contribution < -0.4 is 5.32 Å². The van der Waals surface area contributed by atoms with E-state index >= 15 is 0 Å². The molecule has 2 atom stereocenters. The summed E-state index contributed by atoms with van der Waals surface area (Å²) in [5.41, 5.74) is 0. The Morgan fingerprint density at radius 1 is 1.62 bits per heavy atom. The average Bonchev–Trinajstić information content (AvgIpc) is 2.28. The molecule has 1 aliphatic rings. The molecule has 1 saturated heterocycles. The van der Waals surface area contributed by atoms with Crippen LogP contribution in [0.25, 0.3) is 0 Å². The third-order valence-corrected chi connectivity index (χ3v) is 2.83. The van der Waals surface area contributed by atoms with Gasteiger partial charge in [0.25, 0.3) is 0 Å². The van der Waals surface area contributed by atoms with Gasteiger partial charge in [0, 0.05) is 25.7 Å². The van der Waals surface area contributed by atoms with Crippen LogP contribution in [0.15, 0.2) is 0 Å². The highest BCUT2D eigenvalue weighted by atomic mass is 16.5. The Bertz CT molecular complexity index is 270. The number of ether oxygens (including phenoxy) is 1. The number of nitrogens with one attached hydrogen (secondary N) is 1. The first-order chi connectivity index (χ1) is 7.56. The zero-order valence-corrected chi connectivity index (χ0v) is 9.60. The number of hydrogen-bond acceptors (Lipinski definition) is 5. The van der Waals surface area contributed by atoms with Gasteiger partial charge < -0.3 is 15.2 Å². The van der Waals surface area contributed by atoms with Crippen molar-refractivity contribution in [2.75, 3.05) is 26.7 Å². The van der Waals surface area contributed by atoms with Crippen LogP contribution in [0.1, 0.15) is 13.3 Å². The molecule has 0 aromatic heterocycles. The van der Waals surface area contributed by atoms with Crippen molar-refractivity contribution in [2.24, 2.45) is 0 Å². The Balaban J connectivity index is 2.60. The SMILES string of the molecule is COC(=O)CC(C)N1CCNCC1C(=O)O. The van der Waals surface area contributed by atoms with E-state index in [2.05, 4.69) is 10.1 Å². The maximum absolute atomic E-state index is 11.1. The molecular formula is C10H18N2O4. The van der Waals surface area contributed by atoms with Gasteiger partial charge in [0.2, 0.25) is 0 Å². The van der Waals surface area contributed by atoms with Crippen molar-refractivity contribution in [1.82, 2.24) is 10.2 Å². The van der Waals surface area contributed by atoms with Gasteiger partial charge in [-0.05, 0) is 6.92 Å². The predicted molar refractivity (Wildman–Crippen MR) is 57.1 cm³/mol. The second-order valence-corrected chi connectivity index (χ2v) is 3.93. The van der Waals surface area contributed by atoms with Crippen LogP contribution >= 0.6 is 0 Å². The Hall–Kier alpha value is -1.14. The van der Waals surface area contributed by atoms with E-state index in [1.807, 2.05) is 11.8 Å². The molecule has 0 saturated carbocycles. The molecule has 0 aromatic carbocycles. The normalized spacial score (nSPS) is 23.8. The number of carboxylic acid groups (broad SMARTS) is 1.